The van der Waals surface area contributed by atoms with E-state index in [1.54, 1.807) is 24.3 Å². The summed E-state index contributed by atoms with van der Waals surface area (Å²) in [7, 11) is -2.01. The number of nitrogens with one attached hydrogen (secondary N) is 1. The van der Waals surface area contributed by atoms with Gasteiger partial charge in [-0.3, -0.25) is 27.9 Å². The zero-order valence-corrected chi connectivity index (χ0v) is 24.9. The summed E-state index contributed by atoms with van der Waals surface area (Å²) in [5, 5.41) is 4.05. The van der Waals surface area contributed by atoms with Crippen molar-refractivity contribution in [1.82, 2.24) is 9.55 Å². The molecule has 1 aromatic carbocycles. The van der Waals surface area contributed by atoms with Crippen molar-refractivity contribution in [2.75, 3.05) is 40.6 Å². The topological polar surface area (TPSA) is 229 Å². The van der Waals surface area contributed by atoms with Crippen LogP contribution in [0.4, 0.5) is 0 Å². The van der Waals surface area contributed by atoms with E-state index in [9.17, 15) is 29.3 Å². The molecule has 6 atom stereocenters. The molecule has 0 bridgehead atoms. The minimum atomic E-state index is -4.42. The lowest BCUT2D eigenvalue weighted by Gasteiger charge is -2.33. The first-order chi connectivity index (χ1) is 21.0. The van der Waals surface area contributed by atoms with Gasteiger partial charge in [0.1, 0.15) is 13.2 Å². The summed E-state index contributed by atoms with van der Waals surface area (Å²) in [5.41, 5.74) is 5.88. The number of nitrogens with zero attached hydrogens (tertiary/aromatic N) is 4. The van der Waals surface area contributed by atoms with Gasteiger partial charge in [-0.05, 0) is 23.2 Å². The Morgan fingerprint density at radius 2 is 1.93 bits per heavy atom. The van der Waals surface area contributed by atoms with Crippen LogP contribution in [0, 0.1) is 0 Å². The summed E-state index contributed by atoms with van der Waals surface area (Å²) in [5.74, 6) is -2.02. The first kappa shape index (κ1) is 33.3. The molecule has 2 saturated heterocycles. The highest BCUT2D eigenvalue weighted by atomic mass is 35.5. The van der Waals surface area contributed by atoms with Crippen molar-refractivity contribution < 1.29 is 51.4 Å². The van der Waals surface area contributed by atoms with E-state index in [1.165, 1.54) is 14.2 Å². The molecule has 0 saturated carbocycles. The van der Waals surface area contributed by atoms with Gasteiger partial charge in [0.15, 0.2) is 18.4 Å². The standard InChI is InChI=1S/C24H27ClN5O13P/c1-36-11-18(32)40-20-21(41-19(33)12-37-2)24(28-29-26,42-22(20)30-8-6-17(31)27-23(30)34)13-39-44(35)38-9-7-16(43-44)14-4-3-5-15(25)10-14/h3-6,8,10,16,20-22H,7,9,11-13H2,1-2H3,(H,27,31,34)/t16-,20+,21-,22?,24+,44?/m0/s1. The zero-order chi connectivity index (χ0) is 31.9. The second-order valence-electron chi connectivity index (χ2n) is 9.28. The van der Waals surface area contributed by atoms with Crippen LogP contribution in [0.2, 0.25) is 5.02 Å². The van der Waals surface area contributed by atoms with Crippen molar-refractivity contribution in [2.45, 2.75) is 36.7 Å². The second-order valence-corrected chi connectivity index (χ2v) is 11.3. The van der Waals surface area contributed by atoms with Crippen LogP contribution >= 0.6 is 19.4 Å². The fourth-order valence-corrected chi connectivity index (χ4v) is 6.06. The molecule has 2 unspecified atom stereocenters. The number of hydrogen-bond donors (Lipinski definition) is 1. The Kier molecular flexibility index (Phi) is 11.0. The lowest BCUT2D eigenvalue weighted by Crippen LogP contribution is -2.49. The van der Waals surface area contributed by atoms with Crippen molar-refractivity contribution in [2.24, 2.45) is 5.11 Å². The number of aromatic amines is 1. The number of ether oxygens (including phenoxy) is 5. The molecule has 2 fully saturated rings. The van der Waals surface area contributed by atoms with Crippen molar-refractivity contribution >= 4 is 31.4 Å². The fraction of sp³-hybridized carbons (Fsp3) is 0.500. The van der Waals surface area contributed by atoms with E-state index in [1.807, 2.05) is 4.98 Å². The maximum atomic E-state index is 13.6. The summed E-state index contributed by atoms with van der Waals surface area (Å²) >= 11 is 6.08. The zero-order valence-electron chi connectivity index (χ0n) is 23.2. The molecule has 2 aliphatic heterocycles. The molecule has 2 aromatic rings. The first-order valence-corrected chi connectivity index (χ1v) is 14.6. The minimum Gasteiger partial charge on any atom is -0.453 e. The Balaban J connectivity index is 1.73. The number of phosphoric acid groups is 1. The molecule has 0 radical (unpaired) electrons. The van der Waals surface area contributed by atoms with E-state index in [0.29, 0.717) is 10.6 Å². The Morgan fingerprint density at radius 1 is 1.20 bits per heavy atom. The minimum absolute atomic E-state index is 0.0667. The Morgan fingerprint density at radius 3 is 2.59 bits per heavy atom. The predicted octanol–water partition coefficient (Wildman–Crippen LogP) is 2.14. The number of rotatable bonds is 12. The van der Waals surface area contributed by atoms with Crippen LogP contribution < -0.4 is 11.2 Å². The van der Waals surface area contributed by atoms with Crippen LogP contribution in [0.25, 0.3) is 10.4 Å². The molecular formula is C24H27ClN5O13P. The number of carbonyl (C=O) groups is 2. The molecule has 0 spiro atoms. The highest BCUT2D eigenvalue weighted by Crippen LogP contribution is 2.58. The molecule has 18 nitrogen and oxygen atoms in total. The summed E-state index contributed by atoms with van der Waals surface area (Å²) in [4.78, 5) is 54.4. The molecule has 44 heavy (non-hydrogen) atoms. The van der Waals surface area contributed by atoms with E-state index in [2.05, 4.69) is 10.0 Å². The molecule has 20 heteroatoms. The van der Waals surface area contributed by atoms with E-state index in [-0.39, 0.29) is 13.0 Å². The molecular weight excluding hydrogens is 633 g/mol. The number of halogens is 1. The van der Waals surface area contributed by atoms with E-state index in [4.69, 9.17) is 48.9 Å². The smallest absolute Gasteiger partial charge is 0.453 e. The molecule has 0 aliphatic carbocycles. The summed E-state index contributed by atoms with van der Waals surface area (Å²) in [6.07, 6.45) is -4.72. The van der Waals surface area contributed by atoms with Gasteiger partial charge in [-0.15, -0.1) is 0 Å². The maximum Gasteiger partial charge on any atom is 0.475 e. The van der Waals surface area contributed by atoms with Gasteiger partial charge in [0.05, 0.1) is 19.3 Å². The van der Waals surface area contributed by atoms with Crippen LogP contribution in [-0.2, 0) is 51.4 Å². The van der Waals surface area contributed by atoms with E-state index in [0.717, 1.165) is 16.8 Å². The average molecular weight is 660 g/mol. The van der Waals surface area contributed by atoms with Gasteiger partial charge in [0, 0.05) is 42.8 Å². The highest BCUT2D eigenvalue weighted by Gasteiger charge is 2.61. The van der Waals surface area contributed by atoms with Gasteiger partial charge in [0.2, 0.25) is 5.72 Å². The van der Waals surface area contributed by atoms with Gasteiger partial charge >= 0.3 is 25.5 Å². The van der Waals surface area contributed by atoms with Crippen molar-refractivity contribution in [3.63, 3.8) is 0 Å². The number of phosphoric ester groups is 1. The quantitative estimate of drug-likeness (QED) is 0.113. The Labute approximate surface area is 253 Å². The van der Waals surface area contributed by atoms with Crippen molar-refractivity contribution in [3.05, 3.63) is 78.4 Å². The fourth-order valence-electron chi connectivity index (χ4n) is 4.45. The van der Waals surface area contributed by atoms with Crippen molar-refractivity contribution in [1.29, 1.82) is 0 Å². The number of hydrogen-bond acceptors (Lipinski definition) is 14. The molecule has 4 rings (SSSR count). The van der Waals surface area contributed by atoms with Crippen LogP contribution in [0.3, 0.4) is 0 Å². The number of H-pyrrole nitrogens is 1. The number of esters is 2. The van der Waals surface area contributed by atoms with Crippen LogP contribution in [0.5, 0.6) is 0 Å². The van der Waals surface area contributed by atoms with Crippen LogP contribution in [-0.4, -0.2) is 80.1 Å². The average Bonchev–Trinajstić information content (AvgIpc) is 3.24. The number of azide groups is 1. The molecule has 1 N–H and O–H groups in total. The van der Waals surface area contributed by atoms with Gasteiger partial charge in [-0.1, -0.05) is 28.8 Å². The monoisotopic (exact) mass is 659 g/mol. The Hall–Kier alpha value is -3.57. The van der Waals surface area contributed by atoms with Gasteiger partial charge in [0.25, 0.3) is 5.56 Å². The molecule has 2 aliphatic rings. The predicted molar refractivity (Wildman–Crippen MR) is 146 cm³/mol. The summed E-state index contributed by atoms with van der Waals surface area (Å²) < 4.78 is 57.4. The first-order valence-electron chi connectivity index (χ1n) is 12.8. The van der Waals surface area contributed by atoms with Crippen LogP contribution in [0.1, 0.15) is 24.3 Å². The molecule has 238 valence electrons. The third-order valence-electron chi connectivity index (χ3n) is 6.27. The third-order valence-corrected chi connectivity index (χ3v) is 7.97. The van der Waals surface area contributed by atoms with Gasteiger partial charge in [-0.2, -0.15) is 0 Å². The highest BCUT2D eigenvalue weighted by molar-refractivity contribution is 7.48. The number of methoxy groups -OCH3 is 2. The number of benzene rings is 1. The molecule has 3 heterocycles. The van der Waals surface area contributed by atoms with E-state index < -0.39 is 81.1 Å². The normalized spacial score (nSPS) is 28.2. The van der Waals surface area contributed by atoms with Gasteiger partial charge < -0.3 is 23.7 Å². The third kappa shape index (κ3) is 7.74. The van der Waals surface area contributed by atoms with Crippen LogP contribution in [0.15, 0.2) is 51.2 Å². The lowest BCUT2D eigenvalue weighted by atomic mass is 10.1. The van der Waals surface area contributed by atoms with Gasteiger partial charge in [-0.25, -0.2) is 18.9 Å². The summed E-state index contributed by atoms with van der Waals surface area (Å²) in [6, 6.07) is 7.60. The molecule has 0 amide bonds. The SMILES string of the molecule is COCC(=O)O[C@H]1C(n2ccc(=O)[nH]c2=O)O[C@@](COP2(=O)OCC[C@@H](c3cccc(Cl)c3)O2)(N=[N+]=[N-])[C@H]1OC(=O)COC. The number of aromatic nitrogens is 2. The number of carbonyl (C=O) groups excluding carboxylic acids is 2. The second kappa shape index (κ2) is 14.5. The van der Waals surface area contributed by atoms with Crippen molar-refractivity contribution in [3.8, 4) is 0 Å². The maximum absolute atomic E-state index is 13.6. The largest absolute Gasteiger partial charge is 0.475 e. The van der Waals surface area contributed by atoms with E-state index >= 15 is 0 Å². The summed E-state index contributed by atoms with van der Waals surface area (Å²) in [6.45, 7) is -2.20. The Bertz CT molecular complexity index is 1580. The molecule has 1 aromatic heterocycles. The lowest BCUT2D eigenvalue weighted by molar-refractivity contribution is -0.177.